The normalized spacial score (nSPS) is 18.7. The van der Waals surface area contributed by atoms with Gasteiger partial charge < -0.3 is 20.3 Å². The number of hydrogen-bond donors (Lipinski definition) is 1. The molecule has 1 aromatic carbocycles. The van der Waals surface area contributed by atoms with Gasteiger partial charge in [0.05, 0.1) is 35.4 Å². The molecule has 2 aromatic heterocycles. The number of carbonyl (C=O) groups excluding carboxylic acids is 1. The molecule has 172 valence electrons. The molecule has 0 bridgehead atoms. The second kappa shape index (κ2) is 8.94. The fourth-order valence-electron chi connectivity index (χ4n) is 4.67. The van der Waals surface area contributed by atoms with Gasteiger partial charge in [0.1, 0.15) is 0 Å². The fraction of sp³-hybridized carbons (Fsp3) is 0.440. The molecule has 1 saturated carbocycles. The number of benzene rings is 1. The minimum Gasteiger partial charge on any atom is -0.396 e. The van der Waals surface area contributed by atoms with E-state index in [1.165, 1.54) is 0 Å². The number of amides is 1. The lowest BCUT2D eigenvalue weighted by Crippen LogP contribution is -2.54. The topological polar surface area (TPSA) is 97.5 Å². The zero-order valence-electron chi connectivity index (χ0n) is 19.2. The molecule has 0 spiro atoms. The van der Waals surface area contributed by atoms with Gasteiger partial charge in [-0.3, -0.25) is 14.8 Å². The maximum Gasteiger partial charge on any atom is 0.225 e. The number of anilines is 2. The SMILES string of the molecule is COCCC(=O)N1CCN(c2nc(C3CC3)c(-c3ccc4nccnc4c3)cc2N)C[C@H]1C. The van der Waals surface area contributed by atoms with E-state index < -0.39 is 0 Å². The van der Waals surface area contributed by atoms with E-state index >= 15 is 0 Å². The van der Waals surface area contributed by atoms with Crippen LogP contribution in [0, 0.1) is 0 Å². The molecule has 0 radical (unpaired) electrons. The van der Waals surface area contributed by atoms with Crippen molar-refractivity contribution in [2.45, 2.75) is 38.1 Å². The Hall–Kier alpha value is -3.26. The summed E-state index contributed by atoms with van der Waals surface area (Å²) in [5.41, 5.74) is 12.2. The van der Waals surface area contributed by atoms with Crippen LogP contribution >= 0.6 is 0 Å². The van der Waals surface area contributed by atoms with E-state index in [0.29, 0.717) is 37.7 Å². The number of nitrogens with zero attached hydrogens (tertiary/aromatic N) is 5. The van der Waals surface area contributed by atoms with Gasteiger partial charge in [-0.25, -0.2) is 4.98 Å². The molecule has 8 heteroatoms. The summed E-state index contributed by atoms with van der Waals surface area (Å²) in [6.07, 6.45) is 6.13. The van der Waals surface area contributed by atoms with Crippen molar-refractivity contribution >= 4 is 28.4 Å². The summed E-state index contributed by atoms with van der Waals surface area (Å²) in [5, 5.41) is 0. The molecule has 3 heterocycles. The van der Waals surface area contributed by atoms with E-state index in [-0.39, 0.29) is 11.9 Å². The van der Waals surface area contributed by atoms with Crippen LogP contribution in [-0.2, 0) is 9.53 Å². The van der Waals surface area contributed by atoms with Crippen molar-refractivity contribution in [2.24, 2.45) is 0 Å². The number of pyridine rings is 1. The average molecular weight is 447 g/mol. The van der Waals surface area contributed by atoms with E-state index in [1.54, 1.807) is 19.5 Å². The Morgan fingerprint density at radius 1 is 1.15 bits per heavy atom. The fourth-order valence-corrected chi connectivity index (χ4v) is 4.67. The van der Waals surface area contributed by atoms with E-state index in [4.69, 9.17) is 15.5 Å². The Morgan fingerprint density at radius 2 is 1.94 bits per heavy atom. The second-order valence-corrected chi connectivity index (χ2v) is 8.99. The standard InChI is InChI=1S/C25H30N6O2/c1-16-15-30(10-11-31(16)23(32)7-12-33-2)25-20(26)14-19(24(29-25)17-3-4-17)18-5-6-21-22(13-18)28-9-8-27-21/h5-6,8-9,13-14,16-17H,3-4,7,10-12,15,26H2,1-2H3/t16-/m1/s1. The molecule has 1 amide bonds. The maximum atomic E-state index is 12.5. The Morgan fingerprint density at radius 3 is 2.67 bits per heavy atom. The lowest BCUT2D eigenvalue weighted by atomic mass is 9.99. The van der Waals surface area contributed by atoms with Crippen molar-refractivity contribution in [1.82, 2.24) is 19.9 Å². The van der Waals surface area contributed by atoms with Crippen LogP contribution in [0.3, 0.4) is 0 Å². The summed E-state index contributed by atoms with van der Waals surface area (Å²) < 4.78 is 5.07. The van der Waals surface area contributed by atoms with Gasteiger partial charge in [0.25, 0.3) is 0 Å². The van der Waals surface area contributed by atoms with Crippen LogP contribution in [0.2, 0.25) is 0 Å². The maximum absolute atomic E-state index is 12.5. The number of hydrogen-bond acceptors (Lipinski definition) is 7. The number of nitrogen functional groups attached to an aromatic ring is 1. The van der Waals surface area contributed by atoms with Gasteiger partial charge in [0.15, 0.2) is 5.82 Å². The highest BCUT2D eigenvalue weighted by Gasteiger charge is 2.32. The molecule has 2 N–H and O–H groups in total. The molecule has 1 saturated heterocycles. The smallest absolute Gasteiger partial charge is 0.225 e. The first-order valence-corrected chi connectivity index (χ1v) is 11.6. The zero-order valence-corrected chi connectivity index (χ0v) is 19.2. The summed E-state index contributed by atoms with van der Waals surface area (Å²) >= 11 is 0. The summed E-state index contributed by atoms with van der Waals surface area (Å²) in [7, 11) is 1.62. The van der Waals surface area contributed by atoms with Crippen molar-refractivity contribution < 1.29 is 9.53 Å². The quantitative estimate of drug-likeness (QED) is 0.621. The van der Waals surface area contributed by atoms with Gasteiger partial charge in [0.2, 0.25) is 5.91 Å². The van der Waals surface area contributed by atoms with Crippen molar-refractivity contribution in [3.63, 3.8) is 0 Å². The van der Waals surface area contributed by atoms with Gasteiger partial charge in [-0.1, -0.05) is 6.07 Å². The predicted octanol–water partition coefficient (Wildman–Crippen LogP) is 3.23. The summed E-state index contributed by atoms with van der Waals surface area (Å²) in [6.45, 7) is 4.63. The molecule has 2 fully saturated rings. The molecule has 2 aliphatic rings. The lowest BCUT2D eigenvalue weighted by Gasteiger charge is -2.41. The zero-order chi connectivity index (χ0) is 22.9. The highest BCUT2D eigenvalue weighted by molar-refractivity contribution is 5.84. The van der Waals surface area contributed by atoms with E-state index in [2.05, 4.69) is 40.0 Å². The molecule has 1 atom stereocenters. The third-order valence-corrected chi connectivity index (χ3v) is 6.57. The third kappa shape index (κ3) is 4.35. The first kappa shape index (κ1) is 21.6. The van der Waals surface area contributed by atoms with Gasteiger partial charge in [-0.15, -0.1) is 0 Å². The van der Waals surface area contributed by atoms with Gasteiger partial charge in [-0.2, -0.15) is 0 Å². The lowest BCUT2D eigenvalue weighted by molar-refractivity contribution is -0.134. The van der Waals surface area contributed by atoms with Crippen LogP contribution in [0.4, 0.5) is 11.5 Å². The van der Waals surface area contributed by atoms with Crippen molar-refractivity contribution in [2.75, 3.05) is 44.0 Å². The monoisotopic (exact) mass is 446 g/mol. The largest absolute Gasteiger partial charge is 0.396 e. The Kier molecular flexibility index (Phi) is 5.85. The first-order chi connectivity index (χ1) is 16.0. The minimum atomic E-state index is 0.0902. The highest BCUT2D eigenvalue weighted by Crippen LogP contribution is 2.45. The highest BCUT2D eigenvalue weighted by atomic mass is 16.5. The molecule has 1 aliphatic carbocycles. The number of rotatable bonds is 6. The number of carbonyl (C=O) groups is 1. The number of piperazine rings is 1. The molecular weight excluding hydrogens is 416 g/mol. The van der Waals surface area contributed by atoms with Crippen LogP contribution in [0.15, 0.2) is 36.7 Å². The van der Waals surface area contributed by atoms with Crippen LogP contribution in [-0.4, -0.2) is 65.2 Å². The number of nitrogens with two attached hydrogens (primary N) is 1. The van der Waals surface area contributed by atoms with E-state index in [1.807, 2.05) is 11.0 Å². The molecule has 3 aromatic rings. The average Bonchev–Trinajstić information content (AvgIpc) is 3.67. The number of methoxy groups -OCH3 is 1. The van der Waals surface area contributed by atoms with Crippen molar-refractivity contribution in [3.05, 3.63) is 42.4 Å². The Bertz CT molecular complexity index is 1180. The Balaban J connectivity index is 1.43. The van der Waals surface area contributed by atoms with Gasteiger partial charge in [0, 0.05) is 56.7 Å². The van der Waals surface area contributed by atoms with E-state index in [9.17, 15) is 4.79 Å². The number of aromatic nitrogens is 3. The minimum absolute atomic E-state index is 0.0902. The second-order valence-electron chi connectivity index (χ2n) is 8.99. The predicted molar refractivity (Wildman–Crippen MR) is 129 cm³/mol. The number of fused-ring (bicyclic) bond motifs is 1. The summed E-state index contributed by atoms with van der Waals surface area (Å²) in [6, 6.07) is 8.30. The first-order valence-electron chi connectivity index (χ1n) is 11.6. The van der Waals surface area contributed by atoms with E-state index in [0.717, 1.165) is 53.1 Å². The van der Waals surface area contributed by atoms with Crippen molar-refractivity contribution in [3.8, 4) is 11.1 Å². The van der Waals surface area contributed by atoms with Gasteiger partial charge in [-0.05, 0) is 43.5 Å². The number of ether oxygens (including phenoxy) is 1. The van der Waals surface area contributed by atoms with Crippen LogP contribution in [0.5, 0.6) is 0 Å². The van der Waals surface area contributed by atoms with Gasteiger partial charge >= 0.3 is 0 Å². The molecule has 5 rings (SSSR count). The summed E-state index contributed by atoms with van der Waals surface area (Å²) in [4.78, 5) is 30.6. The molecule has 0 unspecified atom stereocenters. The molecular formula is C25H30N6O2. The van der Waals surface area contributed by atoms with Crippen molar-refractivity contribution in [1.29, 1.82) is 0 Å². The van der Waals surface area contributed by atoms with Crippen LogP contribution < -0.4 is 10.6 Å². The van der Waals surface area contributed by atoms with Crippen LogP contribution in [0.25, 0.3) is 22.2 Å². The third-order valence-electron chi connectivity index (χ3n) is 6.57. The van der Waals surface area contributed by atoms with Crippen LogP contribution in [0.1, 0.15) is 37.8 Å². The molecule has 1 aliphatic heterocycles. The molecule has 33 heavy (non-hydrogen) atoms. The Labute approximate surface area is 193 Å². The summed E-state index contributed by atoms with van der Waals surface area (Å²) in [5.74, 6) is 1.43. The molecule has 8 nitrogen and oxygen atoms in total.